The summed E-state index contributed by atoms with van der Waals surface area (Å²) in [5.74, 6) is 0.235. The molecule has 31 heavy (non-hydrogen) atoms. The number of amides is 3. The Bertz CT molecular complexity index is 784. The zero-order valence-corrected chi connectivity index (χ0v) is 19.1. The van der Waals surface area contributed by atoms with E-state index in [9.17, 15) is 9.59 Å². The van der Waals surface area contributed by atoms with Gasteiger partial charge in [-0.25, -0.2) is 4.79 Å². The number of piperazine rings is 1. The Labute approximate surface area is 186 Å². The maximum atomic E-state index is 12.7. The van der Waals surface area contributed by atoms with Gasteiger partial charge in [-0.1, -0.05) is 0 Å². The summed E-state index contributed by atoms with van der Waals surface area (Å²) in [6.07, 6.45) is 5.96. The number of likely N-dealkylation sites (tertiary alicyclic amines) is 1. The topological polar surface area (TPSA) is 59.1 Å². The van der Waals surface area contributed by atoms with Crippen molar-refractivity contribution in [2.24, 2.45) is 0 Å². The first-order valence-electron chi connectivity index (χ1n) is 11.9. The molecular weight excluding hydrogens is 390 g/mol. The van der Waals surface area contributed by atoms with Gasteiger partial charge in [0.1, 0.15) is 0 Å². The monoisotopic (exact) mass is 427 g/mol. The summed E-state index contributed by atoms with van der Waals surface area (Å²) in [6, 6.07) is 6.51. The Kier molecular flexibility index (Phi) is 7.00. The third-order valence-corrected chi connectivity index (χ3v) is 7.04. The summed E-state index contributed by atoms with van der Waals surface area (Å²) in [5, 5.41) is 3.06. The van der Waals surface area contributed by atoms with Crippen LogP contribution in [0.4, 0.5) is 16.2 Å². The van der Waals surface area contributed by atoms with Crippen LogP contribution in [0.3, 0.4) is 0 Å². The minimum atomic E-state index is -0.0519. The third kappa shape index (κ3) is 5.32. The van der Waals surface area contributed by atoms with E-state index in [0.29, 0.717) is 25.7 Å². The number of nitrogens with zero attached hydrogens (tertiary/aromatic N) is 4. The zero-order chi connectivity index (χ0) is 21.8. The molecule has 7 nitrogen and oxygen atoms in total. The molecule has 4 rings (SSSR count). The van der Waals surface area contributed by atoms with Crippen LogP contribution in [0.1, 0.15) is 44.6 Å². The Morgan fingerprint density at radius 1 is 0.968 bits per heavy atom. The molecule has 0 saturated carbocycles. The van der Waals surface area contributed by atoms with E-state index in [0.717, 1.165) is 51.3 Å². The maximum Gasteiger partial charge on any atom is 0.321 e. The Hall–Kier alpha value is -2.28. The second kappa shape index (κ2) is 9.90. The summed E-state index contributed by atoms with van der Waals surface area (Å²) in [5.41, 5.74) is 3.33. The number of urea groups is 1. The highest BCUT2D eigenvalue weighted by molar-refractivity contribution is 5.90. The molecule has 0 aliphatic carbocycles. The number of benzene rings is 1. The average molecular weight is 428 g/mol. The first-order chi connectivity index (χ1) is 15.0. The van der Waals surface area contributed by atoms with Crippen molar-refractivity contribution in [2.75, 3.05) is 62.6 Å². The van der Waals surface area contributed by atoms with E-state index >= 15 is 0 Å². The number of hydrogen-bond acceptors (Lipinski definition) is 4. The standard InChI is InChI=1S/C24H37N5O2/c1-19-17-21(8-9-22(19)27-10-5-6-11-27)25-24(31)28-15-13-26(14-16-28)18-23(30)29-12-4-3-7-20(29)2/h8-9,17,20H,3-7,10-16,18H2,1-2H3,(H,25,31)/t20-/m1/s1. The molecule has 1 aromatic rings. The SMILES string of the molecule is Cc1cc(NC(=O)N2CCN(CC(=O)N3CCCC[C@H]3C)CC2)ccc1N1CCCC1. The van der Waals surface area contributed by atoms with Crippen molar-refractivity contribution in [3.8, 4) is 0 Å². The first-order valence-corrected chi connectivity index (χ1v) is 11.9. The van der Waals surface area contributed by atoms with Gasteiger partial charge in [-0.2, -0.15) is 0 Å². The lowest BCUT2D eigenvalue weighted by Crippen LogP contribution is -2.53. The number of piperidine rings is 1. The van der Waals surface area contributed by atoms with Crippen LogP contribution in [0, 0.1) is 6.92 Å². The molecule has 1 atom stereocenters. The van der Waals surface area contributed by atoms with Gasteiger partial charge in [0.05, 0.1) is 6.54 Å². The van der Waals surface area contributed by atoms with Gasteiger partial charge in [-0.3, -0.25) is 9.69 Å². The quantitative estimate of drug-likeness (QED) is 0.802. The van der Waals surface area contributed by atoms with Crippen LogP contribution < -0.4 is 10.2 Å². The predicted molar refractivity (Wildman–Crippen MR) is 125 cm³/mol. The van der Waals surface area contributed by atoms with Gasteiger partial charge in [-0.05, 0) is 69.7 Å². The first kappa shape index (κ1) is 21.9. The van der Waals surface area contributed by atoms with Gasteiger partial charge in [0.2, 0.25) is 5.91 Å². The molecule has 1 aromatic carbocycles. The molecule has 0 unspecified atom stereocenters. The molecule has 3 heterocycles. The molecule has 3 fully saturated rings. The van der Waals surface area contributed by atoms with E-state index in [1.807, 2.05) is 15.9 Å². The van der Waals surface area contributed by atoms with Gasteiger partial charge in [0, 0.05) is 63.2 Å². The number of aryl methyl sites for hydroxylation is 1. The highest BCUT2D eigenvalue weighted by atomic mass is 16.2. The number of rotatable bonds is 4. The fourth-order valence-electron chi connectivity index (χ4n) is 5.11. The lowest BCUT2D eigenvalue weighted by Gasteiger charge is -2.38. The van der Waals surface area contributed by atoms with Crippen LogP contribution in [0.25, 0.3) is 0 Å². The van der Waals surface area contributed by atoms with E-state index in [2.05, 4.69) is 41.1 Å². The van der Waals surface area contributed by atoms with Gasteiger partial charge in [-0.15, -0.1) is 0 Å². The number of carbonyl (C=O) groups is 2. The zero-order valence-electron chi connectivity index (χ0n) is 19.1. The summed E-state index contributed by atoms with van der Waals surface area (Å²) in [6.45, 7) is 10.7. The Balaban J connectivity index is 1.24. The number of nitrogens with one attached hydrogen (secondary N) is 1. The van der Waals surface area contributed by atoms with Crippen molar-refractivity contribution >= 4 is 23.3 Å². The molecule has 170 valence electrons. The largest absolute Gasteiger partial charge is 0.371 e. The average Bonchev–Trinajstić information content (AvgIpc) is 3.29. The van der Waals surface area contributed by atoms with Crippen LogP contribution in [0.2, 0.25) is 0 Å². The normalized spacial score (nSPS) is 22.6. The molecule has 3 aliphatic rings. The van der Waals surface area contributed by atoms with E-state index in [4.69, 9.17) is 0 Å². The van der Waals surface area contributed by atoms with E-state index in [1.54, 1.807) is 0 Å². The van der Waals surface area contributed by atoms with Crippen LogP contribution in [0.15, 0.2) is 18.2 Å². The molecule has 0 bridgehead atoms. The summed E-state index contributed by atoms with van der Waals surface area (Å²) in [4.78, 5) is 33.9. The fraction of sp³-hybridized carbons (Fsp3) is 0.667. The second-order valence-electron chi connectivity index (χ2n) is 9.32. The Morgan fingerprint density at radius 3 is 2.35 bits per heavy atom. The number of anilines is 2. The van der Waals surface area contributed by atoms with E-state index in [-0.39, 0.29) is 11.9 Å². The van der Waals surface area contributed by atoms with E-state index in [1.165, 1.54) is 30.5 Å². The van der Waals surface area contributed by atoms with Crippen LogP contribution in [-0.4, -0.2) is 85.0 Å². The highest BCUT2D eigenvalue weighted by Gasteiger charge is 2.27. The minimum absolute atomic E-state index is 0.0519. The van der Waals surface area contributed by atoms with Gasteiger partial charge < -0.3 is 20.0 Å². The third-order valence-electron chi connectivity index (χ3n) is 7.04. The predicted octanol–water partition coefficient (Wildman–Crippen LogP) is 3.15. The molecule has 0 spiro atoms. The van der Waals surface area contributed by atoms with Crippen molar-refractivity contribution in [1.82, 2.24) is 14.7 Å². The lowest BCUT2D eigenvalue weighted by molar-refractivity contribution is -0.136. The van der Waals surface area contributed by atoms with Crippen molar-refractivity contribution in [3.63, 3.8) is 0 Å². The maximum absolute atomic E-state index is 12.7. The van der Waals surface area contributed by atoms with Crippen LogP contribution in [-0.2, 0) is 4.79 Å². The second-order valence-corrected chi connectivity index (χ2v) is 9.32. The van der Waals surface area contributed by atoms with Crippen molar-refractivity contribution in [1.29, 1.82) is 0 Å². The van der Waals surface area contributed by atoms with Gasteiger partial charge in [0.25, 0.3) is 0 Å². The van der Waals surface area contributed by atoms with Gasteiger partial charge in [0.15, 0.2) is 0 Å². The highest BCUT2D eigenvalue weighted by Crippen LogP contribution is 2.27. The Morgan fingerprint density at radius 2 is 1.68 bits per heavy atom. The van der Waals surface area contributed by atoms with Crippen LogP contribution in [0.5, 0.6) is 0 Å². The minimum Gasteiger partial charge on any atom is -0.371 e. The van der Waals surface area contributed by atoms with Gasteiger partial charge >= 0.3 is 6.03 Å². The molecule has 3 aliphatic heterocycles. The van der Waals surface area contributed by atoms with E-state index < -0.39 is 0 Å². The smallest absolute Gasteiger partial charge is 0.321 e. The molecule has 7 heteroatoms. The molecule has 0 aromatic heterocycles. The molecule has 3 amide bonds. The number of carbonyl (C=O) groups excluding carboxylic acids is 2. The lowest BCUT2D eigenvalue weighted by atomic mass is 10.0. The summed E-state index contributed by atoms with van der Waals surface area (Å²) in [7, 11) is 0. The van der Waals surface area contributed by atoms with Crippen molar-refractivity contribution < 1.29 is 9.59 Å². The number of hydrogen-bond donors (Lipinski definition) is 1. The summed E-state index contributed by atoms with van der Waals surface area (Å²) < 4.78 is 0. The molecule has 0 radical (unpaired) electrons. The van der Waals surface area contributed by atoms with Crippen molar-refractivity contribution in [2.45, 2.75) is 52.0 Å². The van der Waals surface area contributed by atoms with Crippen LogP contribution >= 0.6 is 0 Å². The van der Waals surface area contributed by atoms with Crippen molar-refractivity contribution in [3.05, 3.63) is 23.8 Å². The summed E-state index contributed by atoms with van der Waals surface area (Å²) >= 11 is 0. The fourth-order valence-corrected chi connectivity index (χ4v) is 5.11. The molecular formula is C24H37N5O2. The molecule has 3 saturated heterocycles. The molecule has 1 N–H and O–H groups in total.